The second kappa shape index (κ2) is 8.65. The molecule has 1 aliphatic rings. The van der Waals surface area contributed by atoms with Crippen molar-refractivity contribution in [1.82, 2.24) is 20.0 Å². The van der Waals surface area contributed by atoms with Crippen molar-refractivity contribution < 1.29 is 4.74 Å². The average molecular weight is 426 g/mol. The lowest BCUT2D eigenvalue weighted by Gasteiger charge is -2.22. The summed E-state index contributed by atoms with van der Waals surface area (Å²) in [5, 5.41) is 18.6. The highest BCUT2D eigenvalue weighted by Crippen LogP contribution is 2.26. The standard InChI is InChI=1S/C24H22N6O2/c25-14-17-5-1-2-6-18(17)15-30-16-21(27-28-30)19-7-3-8-20-22(31)13-23(26-24(19)20)29-9-4-11-32-12-10-29/h1-3,5-8,13,16H,4,9-12,15H2,(H,26,31). The number of nitriles is 1. The summed E-state index contributed by atoms with van der Waals surface area (Å²) >= 11 is 0. The summed E-state index contributed by atoms with van der Waals surface area (Å²) in [6.45, 7) is 3.38. The second-order valence-corrected chi connectivity index (χ2v) is 7.77. The SMILES string of the molecule is N#Cc1ccccc1Cn1cc(-c2cccc3c(=O)cc(N4CCCOCC4)[nH]c23)nn1. The number of rotatable bonds is 4. The van der Waals surface area contributed by atoms with Crippen LogP contribution in [0.4, 0.5) is 5.82 Å². The van der Waals surface area contributed by atoms with E-state index in [0.717, 1.165) is 48.6 Å². The highest BCUT2D eigenvalue weighted by Gasteiger charge is 2.16. The van der Waals surface area contributed by atoms with Crippen molar-refractivity contribution in [3.63, 3.8) is 0 Å². The Labute approximate surface area is 184 Å². The zero-order valence-electron chi connectivity index (χ0n) is 17.5. The molecule has 8 nitrogen and oxygen atoms in total. The minimum absolute atomic E-state index is 0.0314. The molecule has 2 aromatic carbocycles. The van der Waals surface area contributed by atoms with Crippen molar-refractivity contribution in [1.29, 1.82) is 5.26 Å². The maximum atomic E-state index is 12.9. The number of fused-ring (bicyclic) bond motifs is 1. The number of ether oxygens (including phenoxy) is 1. The van der Waals surface area contributed by atoms with Crippen molar-refractivity contribution in [2.24, 2.45) is 0 Å². The van der Waals surface area contributed by atoms with Gasteiger partial charge in [-0.3, -0.25) is 4.79 Å². The Bertz CT molecular complexity index is 1360. The molecular weight excluding hydrogens is 404 g/mol. The maximum absolute atomic E-state index is 12.9. The van der Waals surface area contributed by atoms with Gasteiger partial charge in [0.1, 0.15) is 11.5 Å². The summed E-state index contributed by atoms with van der Waals surface area (Å²) < 4.78 is 7.26. The van der Waals surface area contributed by atoms with Gasteiger partial charge in [-0.05, 0) is 24.1 Å². The number of H-pyrrole nitrogens is 1. The van der Waals surface area contributed by atoms with Gasteiger partial charge < -0.3 is 14.6 Å². The second-order valence-electron chi connectivity index (χ2n) is 7.77. The van der Waals surface area contributed by atoms with Crippen LogP contribution in [0, 0.1) is 11.3 Å². The molecule has 5 rings (SSSR count). The van der Waals surface area contributed by atoms with E-state index in [1.807, 2.05) is 42.6 Å². The van der Waals surface area contributed by atoms with Gasteiger partial charge in [-0.1, -0.05) is 35.5 Å². The molecule has 4 aromatic rings. The van der Waals surface area contributed by atoms with Gasteiger partial charge in [0.25, 0.3) is 0 Å². The van der Waals surface area contributed by atoms with Crippen LogP contribution in [0.5, 0.6) is 0 Å². The van der Waals surface area contributed by atoms with E-state index in [2.05, 4.69) is 26.3 Å². The fourth-order valence-electron chi connectivity index (χ4n) is 4.07. The number of aromatic amines is 1. The van der Waals surface area contributed by atoms with E-state index in [1.54, 1.807) is 16.8 Å². The van der Waals surface area contributed by atoms with Gasteiger partial charge >= 0.3 is 0 Å². The Morgan fingerprint density at radius 3 is 2.94 bits per heavy atom. The summed E-state index contributed by atoms with van der Waals surface area (Å²) in [6.07, 6.45) is 2.76. The van der Waals surface area contributed by atoms with Crippen LogP contribution in [-0.2, 0) is 11.3 Å². The Morgan fingerprint density at radius 2 is 2.03 bits per heavy atom. The summed E-state index contributed by atoms with van der Waals surface area (Å²) in [5.74, 6) is 0.788. The molecule has 0 spiro atoms. The van der Waals surface area contributed by atoms with Crippen LogP contribution in [0.2, 0.25) is 0 Å². The van der Waals surface area contributed by atoms with Crippen molar-refractivity contribution in [2.75, 3.05) is 31.2 Å². The molecule has 1 N–H and O–H groups in total. The van der Waals surface area contributed by atoms with Gasteiger partial charge in [-0.15, -0.1) is 5.10 Å². The Morgan fingerprint density at radius 1 is 1.12 bits per heavy atom. The van der Waals surface area contributed by atoms with Crippen molar-refractivity contribution >= 4 is 16.7 Å². The third-order valence-corrected chi connectivity index (χ3v) is 5.70. The van der Waals surface area contributed by atoms with Crippen molar-refractivity contribution in [3.8, 4) is 17.3 Å². The molecule has 0 saturated carbocycles. The average Bonchev–Trinajstić information content (AvgIpc) is 3.10. The van der Waals surface area contributed by atoms with Gasteiger partial charge in [-0.25, -0.2) is 4.68 Å². The third kappa shape index (κ3) is 3.86. The zero-order chi connectivity index (χ0) is 21.9. The number of hydrogen-bond donors (Lipinski definition) is 1. The minimum atomic E-state index is -0.0314. The van der Waals surface area contributed by atoms with Gasteiger partial charge in [0.15, 0.2) is 5.43 Å². The molecule has 0 aliphatic carbocycles. The maximum Gasteiger partial charge on any atom is 0.191 e. The van der Waals surface area contributed by atoms with Crippen LogP contribution in [0.3, 0.4) is 0 Å². The van der Waals surface area contributed by atoms with E-state index in [1.165, 1.54) is 0 Å². The van der Waals surface area contributed by atoms with Crippen LogP contribution >= 0.6 is 0 Å². The van der Waals surface area contributed by atoms with E-state index in [9.17, 15) is 10.1 Å². The van der Waals surface area contributed by atoms with E-state index in [-0.39, 0.29) is 5.43 Å². The number of nitrogens with zero attached hydrogens (tertiary/aromatic N) is 5. The highest BCUT2D eigenvalue weighted by molar-refractivity contribution is 5.93. The molecular formula is C24H22N6O2. The molecule has 3 heterocycles. The van der Waals surface area contributed by atoms with Crippen LogP contribution in [0.15, 0.2) is 59.5 Å². The monoisotopic (exact) mass is 426 g/mol. The first-order valence-corrected chi connectivity index (χ1v) is 10.6. The first-order chi connectivity index (χ1) is 15.7. The van der Waals surface area contributed by atoms with Crippen LogP contribution in [-0.4, -0.2) is 46.3 Å². The Balaban J connectivity index is 1.53. The van der Waals surface area contributed by atoms with Crippen molar-refractivity contribution in [2.45, 2.75) is 13.0 Å². The highest BCUT2D eigenvalue weighted by atomic mass is 16.5. The van der Waals surface area contributed by atoms with Crippen molar-refractivity contribution in [3.05, 3.63) is 76.1 Å². The molecule has 2 aromatic heterocycles. The Hall–Kier alpha value is -3.96. The number of hydrogen-bond acceptors (Lipinski definition) is 6. The summed E-state index contributed by atoms with van der Waals surface area (Å²) in [6, 6.07) is 16.9. The lowest BCUT2D eigenvalue weighted by Crippen LogP contribution is -2.28. The zero-order valence-corrected chi connectivity index (χ0v) is 17.5. The van der Waals surface area contributed by atoms with E-state index in [4.69, 9.17) is 4.74 Å². The molecule has 1 fully saturated rings. The smallest absolute Gasteiger partial charge is 0.191 e. The largest absolute Gasteiger partial charge is 0.380 e. The normalized spacial score (nSPS) is 14.3. The third-order valence-electron chi connectivity index (χ3n) is 5.70. The molecule has 0 atom stereocenters. The Kier molecular flexibility index (Phi) is 5.40. The fraction of sp³-hybridized carbons (Fsp3) is 0.250. The number of nitrogens with one attached hydrogen (secondary N) is 1. The number of aromatic nitrogens is 4. The van der Waals surface area contributed by atoms with Crippen LogP contribution in [0.25, 0.3) is 22.2 Å². The molecule has 1 saturated heterocycles. The number of anilines is 1. The van der Waals surface area contributed by atoms with Gasteiger partial charge in [0.2, 0.25) is 0 Å². The topological polar surface area (TPSA) is 99.8 Å². The van der Waals surface area contributed by atoms with E-state index < -0.39 is 0 Å². The van der Waals surface area contributed by atoms with E-state index in [0.29, 0.717) is 29.8 Å². The number of pyridine rings is 1. The molecule has 8 heteroatoms. The predicted octanol–water partition coefficient (Wildman–Crippen LogP) is 2.93. The molecule has 0 bridgehead atoms. The first-order valence-electron chi connectivity index (χ1n) is 10.6. The van der Waals surface area contributed by atoms with Gasteiger partial charge in [0.05, 0.1) is 36.5 Å². The molecule has 1 aliphatic heterocycles. The first kappa shape index (κ1) is 20.0. The number of benzene rings is 2. The van der Waals surface area contributed by atoms with Gasteiger partial charge in [-0.2, -0.15) is 5.26 Å². The van der Waals surface area contributed by atoms with Gasteiger partial charge in [0, 0.05) is 36.7 Å². The summed E-state index contributed by atoms with van der Waals surface area (Å²) in [7, 11) is 0. The molecule has 0 amide bonds. The summed E-state index contributed by atoms with van der Waals surface area (Å²) in [5.41, 5.74) is 3.68. The van der Waals surface area contributed by atoms with Crippen LogP contribution < -0.4 is 10.3 Å². The fourth-order valence-corrected chi connectivity index (χ4v) is 4.07. The molecule has 160 valence electrons. The predicted molar refractivity (Wildman–Crippen MR) is 121 cm³/mol. The lowest BCUT2D eigenvalue weighted by atomic mass is 10.1. The molecule has 32 heavy (non-hydrogen) atoms. The number of para-hydroxylation sites is 1. The van der Waals surface area contributed by atoms with Crippen LogP contribution in [0.1, 0.15) is 17.5 Å². The quantitative estimate of drug-likeness (QED) is 0.539. The lowest BCUT2D eigenvalue weighted by molar-refractivity contribution is 0.152. The minimum Gasteiger partial charge on any atom is -0.380 e. The molecule has 0 radical (unpaired) electrons. The molecule has 0 unspecified atom stereocenters. The summed E-state index contributed by atoms with van der Waals surface area (Å²) in [4.78, 5) is 18.5. The van der Waals surface area contributed by atoms with E-state index >= 15 is 0 Å².